The van der Waals surface area contributed by atoms with E-state index in [1.807, 2.05) is 20.8 Å². The molecule has 0 spiro atoms. The summed E-state index contributed by atoms with van der Waals surface area (Å²) < 4.78 is 28.4. The van der Waals surface area contributed by atoms with Crippen LogP contribution in [0.1, 0.15) is 20.8 Å². The second-order valence-electron chi connectivity index (χ2n) is 3.74. The number of carbonyl (C=O) groups excluding carboxylic acids is 1. The first kappa shape index (κ1) is 13.5. The van der Waals surface area contributed by atoms with Gasteiger partial charge in [0.25, 0.3) is 6.47 Å². The average Bonchev–Trinajstić information content (AvgIpc) is 2.09. The Hall–Kier alpha value is -1.45. The second-order valence-corrected chi connectivity index (χ2v) is 3.74. The molecule has 0 unspecified atom stereocenters. The number of benzene rings is 1. The molecule has 15 heavy (non-hydrogen) atoms. The lowest BCUT2D eigenvalue weighted by Crippen LogP contribution is -2.17. The molecule has 0 atom stereocenters. The van der Waals surface area contributed by atoms with Crippen LogP contribution in [0, 0.1) is 11.6 Å². The van der Waals surface area contributed by atoms with Gasteiger partial charge in [0, 0.05) is 0 Å². The maximum atomic E-state index is 11.9. The van der Waals surface area contributed by atoms with Gasteiger partial charge < -0.3 is 4.74 Å². The standard InChI is InChI=1S/C6H4F2.C5H10O2/c7-5-3-1-2-4-6(5)8;1-5(2,3)7-4-6/h1-4H;4H,1-3H3. The number of carbonyl (C=O) groups is 1. The summed E-state index contributed by atoms with van der Waals surface area (Å²) in [7, 11) is 0. The zero-order valence-corrected chi connectivity index (χ0v) is 8.96. The molecular weight excluding hydrogens is 202 g/mol. The maximum Gasteiger partial charge on any atom is 0.293 e. The molecule has 84 valence electrons. The molecule has 0 radical (unpaired) electrons. The van der Waals surface area contributed by atoms with E-state index in [0.29, 0.717) is 6.47 Å². The van der Waals surface area contributed by atoms with Crippen molar-refractivity contribution in [3.8, 4) is 0 Å². The summed E-state index contributed by atoms with van der Waals surface area (Å²) in [6, 6.07) is 5.04. The van der Waals surface area contributed by atoms with Crippen LogP contribution in [0.4, 0.5) is 8.78 Å². The molecule has 0 amide bonds. The van der Waals surface area contributed by atoms with E-state index in [1.54, 1.807) is 0 Å². The molecule has 0 saturated carbocycles. The van der Waals surface area contributed by atoms with E-state index in [9.17, 15) is 13.6 Å². The molecule has 1 aromatic rings. The number of hydrogen-bond acceptors (Lipinski definition) is 2. The summed E-state index contributed by atoms with van der Waals surface area (Å²) >= 11 is 0. The van der Waals surface area contributed by atoms with E-state index >= 15 is 0 Å². The zero-order valence-electron chi connectivity index (χ0n) is 8.96. The molecule has 0 bridgehead atoms. The Bertz CT molecular complexity index is 285. The highest BCUT2D eigenvalue weighted by Gasteiger charge is 2.07. The maximum absolute atomic E-state index is 11.9. The molecule has 2 nitrogen and oxygen atoms in total. The van der Waals surface area contributed by atoms with Crippen molar-refractivity contribution >= 4 is 6.47 Å². The minimum Gasteiger partial charge on any atom is -0.462 e. The van der Waals surface area contributed by atoms with E-state index in [0.717, 1.165) is 12.1 Å². The van der Waals surface area contributed by atoms with Crippen LogP contribution in [0.15, 0.2) is 24.3 Å². The summed E-state index contributed by atoms with van der Waals surface area (Å²) in [5, 5.41) is 0. The summed E-state index contributed by atoms with van der Waals surface area (Å²) in [6.45, 7) is 5.92. The first-order chi connectivity index (χ1) is 6.87. The van der Waals surface area contributed by atoms with Gasteiger partial charge in [-0.25, -0.2) is 8.78 Å². The quantitative estimate of drug-likeness (QED) is 0.675. The first-order valence-corrected chi connectivity index (χ1v) is 4.38. The third kappa shape index (κ3) is 7.61. The highest BCUT2D eigenvalue weighted by atomic mass is 19.2. The number of hydrogen-bond donors (Lipinski definition) is 0. The Balaban J connectivity index is 0.000000265. The topological polar surface area (TPSA) is 26.3 Å². The SMILES string of the molecule is CC(C)(C)OC=O.Fc1ccccc1F. The Morgan fingerprint density at radius 3 is 1.67 bits per heavy atom. The zero-order chi connectivity index (χ0) is 11.9. The van der Waals surface area contributed by atoms with Crippen molar-refractivity contribution in [2.45, 2.75) is 26.4 Å². The van der Waals surface area contributed by atoms with Crippen molar-refractivity contribution in [1.82, 2.24) is 0 Å². The van der Waals surface area contributed by atoms with Crippen LogP contribution in [0.5, 0.6) is 0 Å². The summed E-state index contributed by atoms with van der Waals surface area (Å²) in [4.78, 5) is 9.60. The van der Waals surface area contributed by atoms with Crippen LogP contribution in [-0.2, 0) is 9.53 Å². The van der Waals surface area contributed by atoms with Gasteiger partial charge in [0.1, 0.15) is 5.60 Å². The number of ether oxygens (including phenoxy) is 1. The van der Waals surface area contributed by atoms with Crippen molar-refractivity contribution in [3.63, 3.8) is 0 Å². The van der Waals surface area contributed by atoms with Gasteiger partial charge in [0.05, 0.1) is 0 Å². The monoisotopic (exact) mass is 216 g/mol. The third-order valence-corrected chi connectivity index (χ3v) is 1.23. The molecule has 0 aliphatic rings. The Kier molecular flexibility index (Phi) is 5.52. The number of halogens is 2. The van der Waals surface area contributed by atoms with Gasteiger partial charge in [0.15, 0.2) is 11.6 Å². The molecule has 1 rings (SSSR count). The van der Waals surface area contributed by atoms with E-state index in [2.05, 4.69) is 4.74 Å². The lowest BCUT2D eigenvalue weighted by Gasteiger charge is -2.14. The van der Waals surface area contributed by atoms with Crippen LogP contribution in [-0.4, -0.2) is 12.1 Å². The molecule has 0 saturated heterocycles. The molecule has 0 N–H and O–H groups in total. The van der Waals surface area contributed by atoms with Crippen molar-refractivity contribution in [3.05, 3.63) is 35.9 Å². The van der Waals surface area contributed by atoms with E-state index in [-0.39, 0.29) is 5.60 Å². The van der Waals surface area contributed by atoms with Crippen molar-refractivity contribution in [2.24, 2.45) is 0 Å². The fourth-order valence-electron chi connectivity index (χ4n) is 0.584. The van der Waals surface area contributed by atoms with Crippen LogP contribution in [0.3, 0.4) is 0 Å². The predicted molar refractivity (Wildman–Crippen MR) is 53.3 cm³/mol. The van der Waals surface area contributed by atoms with Gasteiger partial charge >= 0.3 is 0 Å². The molecule has 0 fully saturated rings. The van der Waals surface area contributed by atoms with Crippen LogP contribution < -0.4 is 0 Å². The van der Waals surface area contributed by atoms with Crippen molar-refractivity contribution < 1.29 is 18.3 Å². The van der Waals surface area contributed by atoms with Crippen LogP contribution >= 0.6 is 0 Å². The molecule has 0 aliphatic heterocycles. The van der Waals surface area contributed by atoms with Crippen molar-refractivity contribution in [2.75, 3.05) is 0 Å². The van der Waals surface area contributed by atoms with E-state index in [4.69, 9.17) is 0 Å². The molecule has 4 heteroatoms. The summed E-state index contributed by atoms with van der Waals surface area (Å²) in [6.07, 6.45) is 0. The summed E-state index contributed by atoms with van der Waals surface area (Å²) in [5.41, 5.74) is -0.318. The highest BCUT2D eigenvalue weighted by molar-refractivity contribution is 5.37. The van der Waals surface area contributed by atoms with E-state index in [1.165, 1.54) is 12.1 Å². The Labute approximate surface area is 87.9 Å². The molecule has 0 aliphatic carbocycles. The average molecular weight is 216 g/mol. The molecule has 0 aromatic heterocycles. The smallest absolute Gasteiger partial charge is 0.293 e. The Morgan fingerprint density at radius 2 is 1.53 bits per heavy atom. The molecular formula is C11H14F2O2. The fraction of sp³-hybridized carbons (Fsp3) is 0.364. The lowest BCUT2D eigenvalue weighted by molar-refractivity contribution is -0.138. The van der Waals surface area contributed by atoms with Gasteiger partial charge in [-0.05, 0) is 32.9 Å². The minimum absolute atomic E-state index is 0.318. The third-order valence-electron chi connectivity index (χ3n) is 1.23. The van der Waals surface area contributed by atoms with Crippen LogP contribution in [0.2, 0.25) is 0 Å². The van der Waals surface area contributed by atoms with E-state index < -0.39 is 11.6 Å². The minimum atomic E-state index is -0.799. The van der Waals surface area contributed by atoms with Crippen molar-refractivity contribution in [1.29, 1.82) is 0 Å². The van der Waals surface area contributed by atoms with Gasteiger partial charge in [-0.2, -0.15) is 0 Å². The predicted octanol–water partition coefficient (Wildman–Crippen LogP) is 2.92. The van der Waals surface area contributed by atoms with Gasteiger partial charge in [-0.15, -0.1) is 0 Å². The molecule has 0 heterocycles. The lowest BCUT2D eigenvalue weighted by atomic mass is 10.2. The number of rotatable bonds is 1. The highest BCUT2D eigenvalue weighted by Crippen LogP contribution is 2.02. The Morgan fingerprint density at radius 1 is 1.13 bits per heavy atom. The van der Waals surface area contributed by atoms with Gasteiger partial charge in [-0.3, -0.25) is 4.79 Å². The largest absolute Gasteiger partial charge is 0.462 e. The fourth-order valence-corrected chi connectivity index (χ4v) is 0.584. The molecule has 1 aromatic carbocycles. The normalized spacial score (nSPS) is 9.93. The second kappa shape index (κ2) is 6.11. The summed E-state index contributed by atoms with van der Waals surface area (Å²) in [5.74, 6) is -1.60. The van der Waals surface area contributed by atoms with Gasteiger partial charge in [-0.1, -0.05) is 12.1 Å². The van der Waals surface area contributed by atoms with Crippen LogP contribution in [0.25, 0.3) is 0 Å². The first-order valence-electron chi connectivity index (χ1n) is 4.38. The van der Waals surface area contributed by atoms with Gasteiger partial charge in [0.2, 0.25) is 0 Å².